The first kappa shape index (κ1) is 14.2. The molecule has 0 spiro atoms. The summed E-state index contributed by atoms with van der Waals surface area (Å²) < 4.78 is 28.6. The van der Waals surface area contributed by atoms with Crippen molar-refractivity contribution in [1.82, 2.24) is 9.78 Å². The molecule has 0 aliphatic heterocycles. The van der Waals surface area contributed by atoms with Crippen molar-refractivity contribution in [3.63, 3.8) is 0 Å². The normalized spacial score (nSPS) is 12.8. The Morgan fingerprint density at radius 1 is 1.19 bits per heavy atom. The molecule has 6 heteroatoms. The lowest BCUT2D eigenvalue weighted by Crippen LogP contribution is -2.09. The van der Waals surface area contributed by atoms with Crippen LogP contribution in [0.5, 0.6) is 0 Å². The molecule has 0 aliphatic carbocycles. The molecule has 1 N–H and O–H groups in total. The standard InChI is InChI=1S/C15H11BrF2N2O/c16-11-2-1-3-14-10(11)7-20(19-14)8-15(21)9-4-5-12(17)13(18)6-9/h1-7,15,21H,8H2. The smallest absolute Gasteiger partial charge is 0.159 e. The zero-order valence-electron chi connectivity index (χ0n) is 10.8. The monoisotopic (exact) mass is 352 g/mol. The largest absolute Gasteiger partial charge is 0.386 e. The molecule has 2 aromatic carbocycles. The van der Waals surface area contributed by atoms with Gasteiger partial charge >= 0.3 is 0 Å². The maximum atomic E-state index is 13.2. The van der Waals surface area contributed by atoms with Gasteiger partial charge in [-0.15, -0.1) is 0 Å². The highest BCUT2D eigenvalue weighted by atomic mass is 79.9. The van der Waals surface area contributed by atoms with Gasteiger partial charge in [0.25, 0.3) is 0 Å². The summed E-state index contributed by atoms with van der Waals surface area (Å²) in [5.74, 6) is -1.90. The van der Waals surface area contributed by atoms with Crippen LogP contribution in [0.25, 0.3) is 10.9 Å². The van der Waals surface area contributed by atoms with Crippen LogP contribution in [0.3, 0.4) is 0 Å². The highest BCUT2D eigenvalue weighted by Gasteiger charge is 2.13. The number of rotatable bonds is 3. The number of aliphatic hydroxyl groups is 1. The van der Waals surface area contributed by atoms with E-state index in [4.69, 9.17) is 0 Å². The molecule has 0 bridgehead atoms. The maximum Gasteiger partial charge on any atom is 0.159 e. The number of halogens is 3. The van der Waals surface area contributed by atoms with Crippen molar-refractivity contribution in [1.29, 1.82) is 0 Å². The minimum atomic E-state index is -0.972. The van der Waals surface area contributed by atoms with Crippen molar-refractivity contribution < 1.29 is 13.9 Å². The molecule has 0 aliphatic rings. The van der Waals surface area contributed by atoms with Crippen LogP contribution in [0.15, 0.2) is 47.1 Å². The van der Waals surface area contributed by atoms with Crippen LogP contribution in [-0.2, 0) is 6.54 Å². The first-order valence-electron chi connectivity index (χ1n) is 6.29. The van der Waals surface area contributed by atoms with E-state index in [-0.39, 0.29) is 6.54 Å². The summed E-state index contributed by atoms with van der Waals surface area (Å²) in [6, 6.07) is 9.00. The molecular weight excluding hydrogens is 342 g/mol. The van der Waals surface area contributed by atoms with Crippen molar-refractivity contribution in [3.05, 3.63) is 64.3 Å². The van der Waals surface area contributed by atoms with E-state index >= 15 is 0 Å². The topological polar surface area (TPSA) is 38.0 Å². The molecule has 21 heavy (non-hydrogen) atoms. The van der Waals surface area contributed by atoms with Crippen molar-refractivity contribution in [2.45, 2.75) is 12.6 Å². The number of nitrogens with zero attached hydrogens (tertiary/aromatic N) is 2. The van der Waals surface area contributed by atoms with E-state index in [1.807, 2.05) is 18.2 Å². The van der Waals surface area contributed by atoms with Crippen LogP contribution in [0, 0.1) is 11.6 Å². The Morgan fingerprint density at radius 2 is 2.00 bits per heavy atom. The van der Waals surface area contributed by atoms with Gasteiger partial charge in [-0.2, -0.15) is 5.10 Å². The van der Waals surface area contributed by atoms with E-state index < -0.39 is 17.7 Å². The Hall–Kier alpha value is -1.79. The van der Waals surface area contributed by atoms with Crippen LogP contribution in [0.4, 0.5) is 8.78 Å². The van der Waals surface area contributed by atoms with Crippen molar-refractivity contribution >= 4 is 26.8 Å². The third-order valence-electron chi connectivity index (χ3n) is 3.23. The van der Waals surface area contributed by atoms with Gasteiger partial charge in [0.1, 0.15) is 0 Å². The van der Waals surface area contributed by atoms with Crippen LogP contribution in [0.2, 0.25) is 0 Å². The van der Waals surface area contributed by atoms with Gasteiger partial charge in [0.05, 0.1) is 18.2 Å². The SMILES string of the molecule is OC(Cn1cc2c(Br)cccc2n1)c1ccc(F)c(F)c1. The van der Waals surface area contributed by atoms with Crippen molar-refractivity contribution in [2.24, 2.45) is 0 Å². The van der Waals surface area contributed by atoms with Gasteiger partial charge in [-0.25, -0.2) is 8.78 Å². The number of aromatic nitrogens is 2. The average Bonchev–Trinajstić information content (AvgIpc) is 2.86. The Morgan fingerprint density at radius 3 is 2.71 bits per heavy atom. The van der Waals surface area contributed by atoms with Crippen LogP contribution in [0.1, 0.15) is 11.7 Å². The number of benzene rings is 2. The molecule has 3 aromatic rings. The summed E-state index contributed by atoms with van der Waals surface area (Å²) in [7, 11) is 0. The lowest BCUT2D eigenvalue weighted by atomic mass is 10.1. The Balaban J connectivity index is 1.87. The van der Waals surface area contributed by atoms with Crippen molar-refractivity contribution in [3.8, 4) is 0 Å². The second kappa shape index (κ2) is 5.54. The van der Waals surface area contributed by atoms with E-state index in [1.54, 1.807) is 10.9 Å². The first-order valence-corrected chi connectivity index (χ1v) is 7.08. The molecule has 0 radical (unpaired) electrons. The fourth-order valence-corrected chi connectivity index (χ4v) is 2.61. The fourth-order valence-electron chi connectivity index (χ4n) is 2.15. The van der Waals surface area contributed by atoms with Gasteiger partial charge in [-0.05, 0) is 29.8 Å². The van der Waals surface area contributed by atoms with Gasteiger partial charge in [0, 0.05) is 16.1 Å². The highest BCUT2D eigenvalue weighted by molar-refractivity contribution is 9.10. The number of hydrogen-bond donors (Lipinski definition) is 1. The summed E-state index contributed by atoms with van der Waals surface area (Å²) in [5, 5.41) is 15.4. The molecule has 108 valence electrons. The maximum absolute atomic E-state index is 13.2. The number of hydrogen-bond acceptors (Lipinski definition) is 2. The van der Waals surface area contributed by atoms with Crippen LogP contribution >= 0.6 is 15.9 Å². The minimum Gasteiger partial charge on any atom is -0.386 e. The summed E-state index contributed by atoms with van der Waals surface area (Å²) in [6.45, 7) is 0.159. The quantitative estimate of drug-likeness (QED) is 0.778. The zero-order chi connectivity index (χ0) is 15.0. The molecule has 0 saturated heterocycles. The molecule has 1 atom stereocenters. The fraction of sp³-hybridized carbons (Fsp3) is 0.133. The number of fused-ring (bicyclic) bond motifs is 1. The molecule has 3 nitrogen and oxygen atoms in total. The van der Waals surface area contributed by atoms with Crippen LogP contribution in [-0.4, -0.2) is 14.9 Å². The summed E-state index contributed by atoms with van der Waals surface area (Å²) >= 11 is 3.43. The van der Waals surface area contributed by atoms with Gasteiger partial charge in [-0.3, -0.25) is 4.68 Å². The van der Waals surface area contributed by atoms with E-state index in [0.29, 0.717) is 5.56 Å². The average molecular weight is 353 g/mol. The van der Waals surface area contributed by atoms with Gasteiger partial charge in [-0.1, -0.05) is 28.1 Å². The van der Waals surface area contributed by atoms with E-state index in [0.717, 1.165) is 27.5 Å². The van der Waals surface area contributed by atoms with E-state index in [1.165, 1.54) is 6.07 Å². The summed E-state index contributed by atoms with van der Waals surface area (Å²) in [4.78, 5) is 0. The molecule has 1 unspecified atom stereocenters. The van der Waals surface area contributed by atoms with E-state index in [9.17, 15) is 13.9 Å². The molecule has 0 saturated carbocycles. The minimum absolute atomic E-state index is 0.159. The predicted octanol–water partition coefficient (Wildman–Crippen LogP) is 3.81. The first-order chi connectivity index (χ1) is 10.0. The highest BCUT2D eigenvalue weighted by Crippen LogP contribution is 2.24. The number of aliphatic hydroxyl groups excluding tert-OH is 1. The predicted molar refractivity (Wildman–Crippen MR) is 78.8 cm³/mol. The molecule has 1 heterocycles. The Kier molecular flexibility index (Phi) is 3.73. The van der Waals surface area contributed by atoms with E-state index in [2.05, 4.69) is 21.0 Å². The zero-order valence-corrected chi connectivity index (χ0v) is 12.4. The molecule has 0 amide bonds. The second-order valence-corrected chi connectivity index (χ2v) is 5.57. The lowest BCUT2D eigenvalue weighted by Gasteiger charge is -2.11. The third kappa shape index (κ3) is 2.82. The summed E-state index contributed by atoms with van der Waals surface area (Å²) in [5.41, 5.74) is 1.11. The van der Waals surface area contributed by atoms with Gasteiger partial charge < -0.3 is 5.11 Å². The Labute approximate surface area is 128 Å². The van der Waals surface area contributed by atoms with Gasteiger partial charge in [0.2, 0.25) is 0 Å². The molecule has 1 aromatic heterocycles. The van der Waals surface area contributed by atoms with Gasteiger partial charge in [0.15, 0.2) is 11.6 Å². The second-order valence-electron chi connectivity index (χ2n) is 4.71. The van der Waals surface area contributed by atoms with Crippen LogP contribution < -0.4 is 0 Å². The Bertz CT molecular complexity index is 803. The lowest BCUT2D eigenvalue weighted by molar-refractivity contribution is 0.151. The molecule has 3 rings (SSSR count). The molecular formula is C15H11BrF2N2O. The van der Waals surface area contributed by atoms with Crippen molar-refractivity contribution in [2.75, 3.05) is 0 Å². The molecule has 0 fully saturated rings. The third-order valence-corrected chi connectivity index (χ3v) is 3.92. The summed E-state index contributed by atoms with van der Waals surface area (Å²) in [6.07, 6.45) is 0.830.